The minimum absolute atomic E-state index is 0. The lowest BCUT2D eigenvalue weighted by atomic mass is 10.1. The molecule has 3 aromatic rings. The number of pyridine rings is 1. The van der Waals surface area contributed by atoms with E-state index in [0.29, 0.717) is 0 Å². The molecule has 0 unspecified atom stereocenters. The van der Waals surface area contributed by atoms with Crippen LogP contribution in [-0.2, 0) is 19.5 Å². The van der Waals surface area contributed by atoms with Crippen LogP contribution in [-0.4, -0.2) is 21.1 Å². The Balaban J connectivity index is 0.00000182. The fraction of sp³-hybridized carbons (Fsp3) is 0.368. The molecule has 0 saturated heterocycles. The predicted octanol–water partition coefficient (Wildman–Crippen LogP) is 4.19. The van der Waals surface area contributed by atoms with Gasteiger partial charge in [-0.15, -0.1) is 36.2 Å². The molecular weight excluding hydrogens is 403 g/mol. The fourth-order valence-corrected chi connectivity index (χ4v) is 3.87. The zero-order valence-electron chi connectivity index (χ0n) is 15.5. The highest BCUT2D eigenvalue weighted by molar-refractivity contribution is 7.15. The molecule has 3 aromatic heterocycles. The Morgan fingerprint density at radius 1 is 1.30 bits per heavy atom. The van der Waals surface area contributed by atoms with Gasteiger partial charge in [0.05, 0.1) is 6.33 Å². The van der Waals surface area contributed by atoms with Crippen molar-refractivity contribution in [1.82, 2.24) is 19.9 Å². The molecule has 3 rings (SSSR count). The summed E-state index contributed by atoms with van der Waals surface area (Å²) in [6, 6.07) is 6.34. The summed E-state index contributed by atoms with van der Waals surface area (Å²) < 4.78 is 2.09. The molecule has 2 N–H and O–H groups in total. The molecule has 5 nitrogen and oxygen atoms in total. The largest absolute Gasteiger partial charge is 0.337 e. The van der Waals surface area contributed by atoms with E-state index in [1.165, 1.54) is 9.75 Å². The number of nitrogens with one attached hydrogen (secondary N) is 2. The molecule has 8 heteroatoms. The zero-order valence-corrected chi connectivity index (χ0v) is 18.0. The van der Waals surface area contributed by atoms with Crippen molar-refractivity contribution in [3.63, 3.8) is 0 Å². The number of aromatic amines is 1. The van der Waals surface area contributed by atoms with Gasteiger partial charge in [-0.2, -0.15) is 0 Å². The van der Waals surface area contributed by atoms with Gasteiger partial charge in [0.25, 0.3) is 5.56 Å². The summed E-state index contributed by atoms with van der Waals surface area (Å²) in [5.74, 6) is 0. The second kappa shape index (κ2) is 11.3. The van der Waals surface area contributed by atoms with E-state index < -0.39 is 0 Å². The Hall–Kier alpha value is -1.60. The second-order valence-electron chi connectivity index (χ2n) is 6.11. The van der Waals surface area contributed by atoms with Crippen molar-refractivity contribution in [3.05, 3.63) is 63.4 Å². The molecule has 27 heavy (non-hydrogen) atoms. The van der Waals surface area contributed by atoms with E-state index in [1.807, 2.05) is 38.6 Å². The van der Waals surface area contributed by atoms with Gasteiger partial charge >= 0.3 is 0 Å². The van der Waals surface area contributed by atoms with E-state index in [4.69, 9.17) is 0 Å². The van der Waals surface area contributed by atoms with Gasteiger partial charge in [0.15, 0.2) is 0 Å². The summed E-state index contributed by atoms with van der Waals surface area (Å²) >= 11 is 1.78. The average molecular weight is 429 g/mol. The highest BCUT2D eigenvalue weighted by Gasteiger charge is 2.09. The molecule has 0 bridgehead atoms. The number of halogens is 2. The molecular formula is C19H26Cl2N4OS. The summed E-state index contributed by atoms with van der Waals surface area (Å²) in [7, 11) is 0. The third-order valence-electron chi connectivity index (χ3n) is 4.25. The van der Waals surface area contributed by atoms with Crippen LogP contribution in [0.2, 0.25) is 0 Å². The van der Waals surface area contributed by atoms with Gasteiger partial charge in [0, 0.05) is 52.1 Å². The normalized spacial score (nSPS) is 10.3. The van der Waals surface area contributed by atoms with Crippen LogP contribution in [0.15, 0.2) is 41.7 Å². The van der Waals surface area contributed by atoms with E-state index in [1.54, 1.807) is 11.3 Å². The van der Waals surface area contributed by atoms with Crippen LogP contribution in [0.25, 0.3) is 10.4 Å². The van der Waals surface area contributed by atoms with Crippen molar-refractivity contribution in [3.8, 4) is 10.4 Å². The summed E-state index contributed by atoms with van der Waals surface area (Å²) in [4.78, 5) is 21.4. The fourth-order valence-electron chi connectivity index (χ4n) is 2.82. The van der Waals surface area contributed by atoms with Crippen LogP contribution in [0.1, 0.15) is 29.5 Å². The van der Waals surface area contributed by atoms with Gasteiger partial charge < -0.3 is 14.9 Å². The highest BCUT2D eigenvalue weighted by Crippen LogP contribution is 2.29. The lowest BCUT2D eigenvalue weighted by Gasteiger charge is -2.06. The smallest absolute Gasteiger partial charge is 0.251 e. The molecule has 0 aliphatic carbocycles. The quantitative estimate of drug-likeness (QED) is 0.528. The van der Waals surface area contributed by atoms with E-state index in [2.05, 4.69) is 32.0 Å². The Kier molecular flexibility index (Phi) is 9.80. The molecule has 0 spiro atoms. The molecule has 0 aromatic carbocycles. The lowest BCUT2D eigenvalue weighted by molar-refractivity contribution is 0.583. The van der Waals surface area contributed by atoms with Gasteiger partial charge in [-0.05, 0) is 44.5 Å². The number of hydrogen-bond acceptors (Lipinski definition) is 4. The Morgan fingerprint density at radius 3 is 2.81 bits per heavy atom. The summed E-state index contributed by atoms with van der Waals surface area (Å²) in [6.45, 7) is 6.81. The third-order valence-corrected chi connectivity index (χ3v) is 5.37. The van der Waals surface area contributed by atoms with E-state index >= 15 is 0 Å². The Morgan fingerprint density at radius 2 is 2.11 bits per heavy atom. The van der Waals surface area contributed by atoms with Crippen molar-refractivity contribution >= 4 is 36.2 Å². The molecule has 0 aliphatic rings. The van der Waals surface area contributed by atoms with Crippen LogP contribution >= 0.6 is 36.2 Å². The van der Waals surface area contributed by atoms with Crippen LogP contribution < -0.4 is 10.9 Å². The molecule has 0 amide bonds. The Labute approximate surface area is 176 Å². The maximum Gasteiger partial charge on any atom is 0.251 e. The molecule has 0 atom stereocenters. The van der Waals surface area contributed by atoms with Crippen LogP contribution in [0, 0.1) is 6.92 Å². The average Bonchev–Trinajstić information content (AvgIpc) is 3.26. The summed E-state index contributed by atoms with van der Waals surface area (Å²) in [5.41, 5.74) is 2.94. The standard InChI is InChI=1S/C19H24N4OS.2ClH/c1-3-15-11-17(14(2)22-19(15)24)18-6-5-16(25-18)12-20-7-4-9-23-10-8-21-13-23;;/h5-6,8,10-11,13,20H,3-4,7,9,12H2,1-2H3,(H,22,24);2*1H. The first kappa shape index (κ1) is 23.4. The van der Waals surface area contributed by atoms with Crippen LogP contribution in [0.5, 0.6) is 0 Å². The maximum absolute atomic E-state index is 11.9. The maximum atomic E-state index is 11.9. The minimum Gasteiger partial charge on any atom is -0.337 e. The number of nitrogens with zero attached hydrogens (tertiary/aromatic N) is 2. The van der Waals surface area contributed by atoms with Crippen LogP contribution in [0.4, 0.5) is 0 Å². The number of H-pyrrole nitrogens is 1. The molecule has 0 aliphatic heterocycles. The third kappa shape index (κ3) is 6.21. The molecule has 148 valence electrons. The van der Waals surface area contributed by atoms with Gasteiger partial charge in [-0.1, -0.05) is 6.92 Å². The molecule has 0 saturated carbocycles. The highest BCUT2D eigenvalue weighted by atomic mass is 35.5. The van der Waals surface area contributed by atoms with E-state index in [9.17, 15) is 4.79 Å². The van der Waals surface area contributed by atoms with Crippen LogP contribution in [0.3, 0.4) is 0 Å². The summed E-state index contributed by atoms with van der Waals surface area (Å²) in [6.07, 6.45) is 7.47. The number of aryl methyl sites for hydroxylation is 3. The topological polar surface area (TPSA) is 62.7 Å². The predicted molar refractivity (Wildman–Crippen MR) is 118 cm³/mol. The zero-order chi connectivity index (χ0) is 17.6. The monoisotopic (exact) mass is 428 g/mol. The SMILES string of the molecule is CCc1cc(-c2ccc(CNCCCn3ccnc3)s2)c(C)[nH]c1=O.Cl.Cl. The first-order valence-electron chi connectivity index (χ1n) is 8.65. The number of hydrogen-bond donors (Lipinski definition) is 2. The molecule has 0 fully saturated rings. The van der Waals surface area contributed by atoms with Gasteiger partial charge in [-0.3, -0.25) is 4.79 Å². The van der Waals surface area contributed by atoms with Crippen molar-refractivity contribution in [1.29, 1.82) is 0 Å². The number of aromatic nitrogens is 3. The van der Waals surface area contributed by atoms with Crippen molar-refractivity contribution < 1.29 is 0 Å². The van der Waals surface area contributed by atoms with Gasteiger partial charge in [0.1, 0.15) is 0 Å². The molecule has 0 radical (unpaired) electrons. The van der Waals surface area contributed by atoms with E-state index in [0.717, 1.165) is 49.3 Å². The van der Waals surface area contributed by atoms with Crippen molar-refractivity contribution in [2.75, 3.05) is 6.54 Å². The number of imidazole rings is 1. The van der Waals surface area contributed by atoms with Crippen molar-refractivity contribution in [2.24, 2.45) is 0 Å². The van der Waals surface area contributed by atoms with Gasteiger partial charge in [-0.25, -0.2) is 4.98 Å². The minimum atomic E-state index is 0. The van der Waals surface area contributed by atoms with Crippen molar-refractivity contribution in [2.45, 2.75) is 39.8 Å². The number of rotatable bonds is 8. The van der Waals surface area contributed by atoms with E-state index in [-0.39, 0.29) is 30.4 Å². The Bertz CT molecular complexity index is 874. The first-order chi connectivity index (χ1) is 12.2. The summed E-state index contributed by atoms with van der Waals surface area (Å²) in [5, 5.41) is 3.49. The second-order valence-corrected chi connectivity index (χ2v) is 7.28. The number of thiophene rings is 1. The lowest BCUT2D eigenvalue weighted by Crippen LogP contribution is -2.15. The first-order valence-corrected chi connectivity index (χ1v) is 9.47. The van der Waals surface area contributed by atoms with Gasteiger partial charge in [0.2, 0.25) is 0 Å². The molecule has 3 heterocycles.